The quantitative estimate of drug-likeness (QED) is 0.323. The van der Waals surface area contributed by atoms with E-state index in [1.54, 1.807) is 0 Å². The molecule has 3 heterocycles. The van der Waals surface area contributed by atoms with Gasteiger partial charge in [0.05, 0.1) is 12.2 Å². The summed E-state index contributed by atoms with van der Waals surface area (Å²) in [6, 6.07) is 16.6. The Kier molecular flexibility index (Phi) is 6.54. The fourth-order valence-electron chi connectivity index (χ4n) is 5.20. The number of ether oxygens (including phenoxy) is 2. The van der Waals surface area contributed by atoms with Crippen LogP contribution in [0.5, 0.6) is 5.75 Å². The maximum atomic E-state index is 12.6. The van der Waals surface area contributed by atoms with Crippen molar-refractivity contribution in [2.45, 2.75) is 65.7 Å². The van der Waals surface area contributed by atoms with Crippen LogP contribution in [0, 0.1) is 13.8 Å². The van der Waals surface area contributed by atoms with Crippen molar-refractivity contribution in [3.8, 4) is 16.9 Å². The second-order valence-corrected chi connectivity index (χ2v) is 10.9. The first-order valence-corrected chi connectivity index (χ1v) is 12.8. The molecule has 192 valence electrons. The lowest BCUT2D eigenvalue weighted by molar-refractivity contribution is -0.160. The Morgan fingerprint density at radius 3 is 2.70 bits per heavy atom. The molecule has 0 saturated heterocycles. The summed E-state index contributed by atoms with van der Waals surface area (Å²) in [6.45, 7) is 11.0. The van der Waals surface area contributed by atoms with Crippen molar-refractivity contribution in [1.29, 1.82) is 0 Å². The lowest BCUT2D eigenvalue weighted by atomic mass is 9.90. The van der Waals surface area contributed by atoms with E-state index in [0.29, 0.717) is 17.8 Å². The third-order valence-corrected chi connectivity index (χ3v) is 6.73. The zero-order chi connectivity index (χ0) is 26.3. The van der Waals surface area contributed by atoms with Crippen LogP contribution in [0.1, 0.15) is 61.2 Å². The molecule has 5 rings (SSSR count). The highest BCUT2D eigenvalue weighted by Gasteiger charge is 2.33. The van der Waals surface area contributed by atoms with Crippen molar-refractivity contribution >= 4 is 17.0 Å². The zero-order valence-corrected chi connectivity index (χ0v) is 22.2. The van der Waals surface area contributed by atoms with Gasteiger partial charge in [0.2, 0.25) is 0 Å². The SMILES string of the molecule is Cc1cccc(Cn2ccc3c(-c4ccc5c(c4)CCCO5)c(C(OC(C)(C)C)C(=O)O)c(C)nc32)c1. The molecule has 2 aromatic heterocycles. The van der Waals surface area contributed by atoms with Gasteiger partial charge in [0.15, 0.2) is 6.10 Å². The number of carboxylic acid groups (broad SMARTS) is 1. The van der Waals surface area contributed by atoms with Crippen molar-refractivity contribution in [3.63, 3.8) is 0 Å². The molecule has 0 bridgehead atoms. The summed E-state index contributed by atoms with van der Waals surface area (Å²) >= 11 is 0. The van der Waals surface area contributed by atoms with Crippen molar-refractivity contribution in [1.82, 2.24) is 9.55 Å². The molecule has 37 heavy (non-hydrogen) atoms. The number of fused-ring (bicyclic) bond motifs is 2. The number of carboxylic acids is 1. The van der Waals surface area contributed by atoms with E-state index in [0.717, 1.165) is 52.9 Å². The minimum atomic E-state index is -1.15. The summed E-state index contributed by atoms with van der Waals surface area (Å²) in [5.41, 5.74) is 6.77. The summed E-state index contributed by atoms with van der Waals surface area (Å²) in [5, 5.41) is 11.2. The number of aromatic nitrogens is 2. The summed E-state index contributed by atoms with van der Waals surface area (Å²) in [5.74, 6) is -0.128. The molecule has 1 aliphatic rings. The average Bonchev–Trinajstić information content (AvgIpc) is 3.22. The topological polar surface area (TPSA) is 73.6 Å². The third-order valence-electron chi connectivity index (χ3n) is 6.73. The van der Waals surface area contributed by atoms with Gasteiger partial charge in [-0.1, -0.05) is 35.9 Å². The molecular formula is C31H34N2O4. The Labute approximate surface area is 217 Å². The molecule has 0 spiro atoms. The zero-order valence-electron chi connectivity index (χ0n) is 22.2. The number of aryl methyl sites for hydroxylation is 3. The lowest BCUT2D eigenvalue weighted by Gasteiger charge is -2.28. The summed E-state index contributed by atoms with van der Waals surface area (Å²) in [6.07, 6.45) is 2.78. The number of aliphatic carboxylic acids is 1. The van der Waals surface area contributed by atoms with Crippen LogP contribution in [-0.2, 0) is 22.5 Å². The first-order chi connectivity index (χ1) is 17.6. The second kappa shape index (κ2) is 9.67. The maximum absolute atomic E-state index is 12.6. The molecular weight excluding hydrogens is 464 g/mol. The summed E-state index contributed by atoms with van der Waals surface area (Å²) < 4.78 is 14.1. The molecule has 0 saturated carbocycles. The smallest absolute Gasteiger partial charge is 0.337 e. The highest BCUT2D eigenvalue weighted by Crippen LogP contribution is 2.41. The first kappa shape index (κ1) is 25.0. The van der Waals surface area contributed by atoms with E-state index in [1.807, 2.05) is 52.1 Å². The Bertz CT molecular complexity index is 1480. The predicted octanol–water partition coefficient (Wildman–Crippen LogP) is 6.63. The van der Waals surface area contributed by atoms with Gasteiger partial charge in [-0.2, -0.15) is 0 Å². The molecule has 6 nitrogen and oxygen atoms in total. The molecule has 4 aromatic rings. The highest BCUT2D eigenvalue weighted by atomic mass is 16.5. The minimum absolute atomic E-state index is 0.597. The van der Waals surface area contributed by atoms with Gasteiger partial charge in [-0.05, 0) is 82.3 Å². The van der Waals surface area contributed by atoms with Gasteiger partial charge in [-0.3, -0.25) is 0 Å². The van der Waals surface area contributed by atoms with E-state index >= 15 is 0 Å². The molecule has 6 heteroatoms. The Balaban J connectivity index is 1.74. The van der Waals surface area contributed by atoms with Crippen molar-refractivity contribution < 1.29 is 19.4 Å². The molecule has 2 aromatic carbocycles. The van der Waals surface area contributed by atoms with Crippen molar-refractivity contribution in [2.24, 2.45) is 0 Å². The molecule has 1 aliphatic heterocycles. The Morgan fingerprint density at radius 1 is 1.16 bits per heavy atom. The Hall–Kier alpha value is -3.64. The monoisotopic (exact) mass is 498 g/mol. The van der Waals surface area contributed by atoms with Crippen LogP contribution in [-0.4, -0.2) is 32.8 Å². The van der Waals surface area contributed by atoms with Gasteiger partial charge in [0.25, 0.3) is 0 Å². The predicted molar refractivity (Wildman–Crippen MR) is 145 cm³/mol. The summed E-state index contributed by atoms with van der Waals surface area (Å²) in [7, 11) is 0. The van der Waals surface area contributed by atoms with Crippen LogP contribution in [0.2, 0.25) is 0 Å². The first-order valence-electron chi connectivity index (χ1n) is 12.8. The van der Waals surface area contributed by atoms with E-state index in [-0.39, 0.29) is 0 Å². The van der Waals surface area contributed by atoms with E-state index in [2.05, 4.69) is 41.8 Å². The van der Waals surface area contributed by atoms with Gasteiger partial charge in [0.1, 0.15) is 11.4 Å². The summed E-state index contributed by atoms with van der Waals surface area (Å²) in [4.78, 5) is 17.5. The molecule has 1 unspecified atom stereocenters. The van der Waals surface area contributed by atoms with Crippen LogP contribution in [0.25, 0.3) is 22.2 Å². The normalized spacial score (nSPS) is 14.3. The number of nitrogens with zero attached hydrogens (tertiary/aromatic N) is 2. The minimum Gasteiger partial charge on any atom is -0.493 e. The largest absolute Gasteiger partial charge is 0.493 e. The van der Waals surface area contributed by atoms with Crippen LogP contribution in [0.4, 0.5) is 0 Å². The second-order valence-electron chi connectivity index (χ2n) is 10.9. The van der Waals surface area contributed by atoms with Crippen LogP contribution in [0.3, 0.4) is 0 Å². The van der Waals surface area contributed by atoms with Crippen LogP contribution in [0.15, 0.2) is 54.7 Å². The molecule has 1 N–H and O–H groups in total. The molecule has 0 radical (unpaired) electrons. The van der Waals surface area contributed by atoms with Gasteiger partial charge < -0.3 is 19.1 Å². The fraction of sp³-hybridized carbons (Fsp3) is 0.355. The molecule has 0 aliphatic carbocycles. The molecule has 1 atom stereocenters. The van der Waals surface area contributed by atoms with E-state index in [4.69, 9.17) is 14.5 Å². The lowest BCUT2D eigenvalue weighted by Crippen LogP contribution is -2.28. The number of carbonyl (C=O) groups is 1. The molecule has 0 amide bonds. The van der Waals surface area contributed by atoms with Crippen LogP contribution < -0.4 is 4.74 Å². The third kappa shape index (κ3) is 5.12. The fourth-order valence-corrected chi connectivity index (χ4v) is 5.20. The number of rotatable bonds is 6. The average molecular weight is 499 g/mol. The number of benzene rings is 2. The van der Waals surface area contributed by atoms with E-state index in [1.165, 1.54) is 11.1 Å². The highest BCUT2D eigenvalue weighted by molar-refractivity contribution is 5.98. The van der Waals surface area contributed by atoms with Gasteiger partial charge in [0, 0.05) is 34.9 Å². The van der Waals surface area contributed by atoms with E-state index in [9.17, 15) is 9.90 Å². The van der Waals surface area contributed by atoms with Crippen LogP contribution >= 0.6 is 0 Å². The number of hydrogen-bond donors (Lipinski definition) is 1. The standard InChI is InChI=1S/C31H34N2O4/c1-19-8-6-9-21(16-19)18-33-14-13-24-27(23-11-12-25-22(17-23)10-7-15-36-25)26(20(2)32-29(24)33)28(30(34)35)37-31(3,4)5/h6,8-9,11-14,16-17,28H,7,10,15,18H2,1-5H3,(H,34,35). The Morgan fingerprint density at radius 2 is 1.97 bits per heavy atom. The number of pyridine rings is 1. The molecule has 0 fully saturated rings. The van der Waals surface area contributed by atoms with Gasteiger partial charge in [-0.25, -0.2) is 9.78 Å². The van der Waals surface area contributed by atoms with Gasteiger partial charge in [-0.15, -0.1) is 0 Å². The van der Waals surface area contributed by atoms with E-state index < -0.39 is 17.7 Å². The van der Waals surface area contributed by atoms with Gasteiger partial charge >= 0.3 is 5.97 Å². The van der Waals surface area contributed by atoms with Crippen molar-refractivity contribution in [3.05, 3.63) is 82.7 Å². The maximum Gasteiger partial charge on any atom is 0.337 e. The van der Waals surface area contributed by atoms with Crippen molar-refractivity contribution in [2.75, 3.05) is 6.61 Å². The number of hydrogen-bond acceptors (Lipinski definition) is 4.